The topological polar surface area (TPSA) is 51.0 Å². The Bertz CT molecular complexity index is 1330. The highest BCUT2D eigenvalue weighted by Gasteiger charge is 2.16. The van der Waals surface area contributed by atoms with E-state index >= 15 is 0 Å². The second-order valence-corrected chi connectivity index (χ2v) is 8.54. The number of rotatable bonds is 6. The second-order valence-electron chi connectivity index (χ2n) is 7.11. The Hall–Kier alpha value is -3.48. The highest BCUT2D eigenvalue weighted by atomic mass is 35.5. The van der Waals surface area contributed by atoms with Gasteiger partial charge >= 0.3 is 0 Å². The van der Waals surface area contributed by atoms with Crippen molar-refractivity contribution in [3.63, 3.8) is 0 Å². The molecule has 2 heterocycles. The van der Waals surface area contributed by atoms with Crippen LogP contribution in [0, 0.1) is 5.82 Å². The van der Waals surface area contributed by atoms with Crippen LogP contribution >= 0.6 is 22.9 Å². The summed E-state index contributed by atoms with van der Waals surface area (Å²) in [6, 6.07) is 25.8. The van der Waals surface area contributed by atoms with Gasteiger partial charge in [-0.25, -0.2) is 9.37 Å². The number of hydrogen-bond donors (Lipinski definition) is 1. The van der Waals surface area contributed by atoms with E-state index in [9.17, 15) is 4.39 Å². The number of benzene rings is 3. The van der Waals surface area contributed by atoms with E-state index in [1.54, 1.807) is 23.5 Å². The molecule has 0 fully saturated rings. The molecule has 0 aliphatic carbocycles. The van der Waals surface area contributed by atoms with Crippen LogP contribution in [-0.2, 0) is 6.54 Å². The van der Waals surface area contributed by atoms with Crippen LogP contribution in [0.1, 0.15) is 5.76 Å². The van der Waals surface area contributed by atoms with Gasteiger partial charge in [-0.2, -0.15) is 0 Å². The van der Waals surface area contributed by atoms with E-state index in [0.29, 0.717) is 23.0 Å². The molecule has 4 nitrogen and oxygen atoms in total. The number of anilines is 1. The van der Waals surface area contributed by atoms with Crippen molar-refractivity contribution in [2.45, 2.75) is 6.54 Å². The molecule has 158 valence electrons. The van der Waals surface area contributed by atoms with Gasteiger partial charge in [0, 0.05) is 22.2 Å². The van der Waals surface area contributed by atoms with Gasteiger partial charge in [-0.1, -0.05) is 70.6 Å². The predicted molar refractivity (Wildman–Crippen MR) is 127 cm³/mol. The summed E-state index contributed by atoms with van der Waals surface area (Å²) >= 11 is 7.64. The van der Waals surface area contributed by atoms with Crippen molar-refractivity contribution < 1.29 is 8.91 Å². The molecule has 1 N–H and O–H groups in total. The molecule has 0 amide bonds. The van der Waals surface area contributed by atoms with Crippen LogP contribution in [0.3, 0.4) is 0 Å². The van der Waals surface area contributed by atoms with Gasteiger partial charge in [0.1, 0.15) is 11.5 Å². The monoisotopic (exact) mass is 461 g/mol. The molecule has 0 saturated carbocycles. The predicted octanol–water partition coefficient (Wildman–Crippen LogP) is 7.54. The van der Waals surface area contributed by atoms with Crippen molar-refractivity contribution in [1.29, 1.82) is 0 Å². The number of nitrogens with zero attached hydrogens (tertiary/aromatic N) is 2. The van der Waals surface area contributed by atoms with Gasteiger partial charge in [0.15, 0.2) is 10.9 Å². The largest absolute Gasteiger partial charge is 0.359 e. The lowest BCUT2D eigenvalue weighted by Gasteiger charge is -2.02. The average molecular weight is 462 g/mol. The van der Waals surface area contributed by atoms with Crippen LogP contribution in [0.25, 0.3) is 33.0 Å². The Morgan fingerprint density at radius 2 is 1.59 bits per heavy atom. The Morgan fingerprint density at radius 3 is 2.34 bits per heavy atom. The smallest absolute Gasteiger partial charge is 0.184 e. The van der Waals surface area contributed by atoms with Gasteiger partial charge < -0.3 is 9.84 Å². The zero-order valence-corrected chi connectivity index (χ0v) is 18.3. The summed E-state index contributed by atoms with van der Waals surface area (Å²) in [5, 5.41) is 8.88. The van der Waals surface area contributed by atoms with Crippen molar-refractivity contribution in [3.8, 4) is 33.0 Å². The van der Waals surface area contributed by atoms with Crippen molar-refractivity contribution in [3.05, 3.63) is 102 Å². The Balaban J connectivity index is 1.40. The lowest BCUT2D eigenvalue weighted by molar-refractivity contribution is 0.390. The first-order chi connectivity index (χ1) is 15.7. The minimum absolute atomic E-state index is 0.284. The van der Waals surface area contributed by atoms with E-state index in [0.717, 1.165) is 32.4 Å². The standard InChI is InChI=1S/C25H17ClFN3OS/c26-19-10-6-17(7-11-19)23-24(18-4-2-1-3-5-18)32-25(29-23)28-15-21-14-22(30-31-21)16-8-12-20(27)13-9-16/h1-14H,15H2,(H,28,29). The fraction of sp³-hybridized carbons (Fsp3) is 0.0400. The van der Waals surface area contributed by atoms with E-state index < -0.39 is 0 Å². The lowest BCUT2D eigenvalue weighted by Crippen LogP contribution is -1.97. The first kappa shape index (κ1) is 20.4. The number of halogens is 2. The number of hydrogen-bond acceptors (Lipinski definition) is 5. The third kappa shape index (κ3) is 4.42. The Labute approximate surface area is 193 Å². The molecular formula is C25H17ClFN3OS. The second kappa shape index (κ2) is 8.94. The fourth-order valence-electron chi connectivity index (χ4n) is 3.30. The van der Waals surface area contributed by atoms with Crippen LogP contribution in [0.4, 0.5) is 9.52 Å². The maximum atomic E-state index is 13.1. The fourth-order valence-corrected chi connectivity index (χ4v) is 4.41. The minimum Gasteiger partial charge on any atom is -0.359 e. The van der Waals surface area contributed by atoms with Crippen LogP contribution in [0.15, 0.2) is 89.5 Å². The van der Waals surface area contributed by atoms with Gasteiger partial charge in [-0.15, -0.1) is 0 Å². The van der Waals surface area contributed by atoms with Gasteiger partial charge in [-0.3, -0.25) is 0 Å². The van der Waals surface area contributed by atoms with E-state index in [-0.39, 0.29) is 5.82 Å². The summed E-state index contributed by atoms with van der Waals surface area (Å²) in [4.78, 5) is 5.91. The highest BCUT2D eigenvalue weighted by molar-refractivity contribution is 7.19. The molecule has 0 aliphatic heterocycles. The number of aromatic nitrogens is 2. The zero-order chi connectivity index (χ0) is 21.9. The Kier molecular flexibility index (Phi) is 5.71. The maximum absolute atomic E-state index is 13.1. The first-order valence-corrected chi connectivity index (χ1v) is 11.1. The molecule has 0 radical (unpaired) electrons. The van der Waals surface area contributed by atoms with Gasteiger partial charge in [0.25, 0.3) is 0 Å². The molecule has 3 aromatic carbocycles. The molecule has 0 spiro atoms. The molecule has 0 aliphatic rings. The SMILES string of the molecule is Fc1ccc(-c2cc(CNc3nc(-c4ccc(Cl)cc4)c(-c4ccccc4)s3)on2)cc1. The van der Waals surface area contributed by atoms with E-state index in [1.165, 1.54) is 12.1 Å². The summed E-state index contributed by atoms with van der Waals surface area (Å²) in [6.07, 6.45) is 0. The van der Waals surface area contributed by atoms with E-state index in [1.807, 2.05) is 48.5 Å². The molecule has 7 heteroatoms. The Morgan fingerprint density at radius 1 is 0.875 bits per heavy atom. The summed E-state index contributed by atoms with van der Waals surface area (Å²) in [6.45, 7) is 0.427. The first-order valence-electron chi connectivity index (χ1n) is 9.93. The van der Waals surface area contributed by atoms with Crippen molar-refractivity contribution >= 4 is 28.1 Å². The zero-order valence-electron chi connectivity index (χ0n) is 16.8. The lowest BCUT2D eigenvalue weighted by atomic mass is 10.1. The summed E-state index contributed by atoms with van der Waals surface area (Å²) in [5.41, 5.74) is 4.45. The molecule has 2 aromatic heterocycles. The van der Waals surface area contributed by atoms with Crippen LogP contribution in [0.5, 0.6) is 0 Å². The third-order valence-corrected chi connectivity index (χ3v) is 6.21. The van der Waals surface area contributed by atoms with Gasteiger partial charge in [0.2, 0.25) is 0 Å². The number of nitrogens with one attached hydrogen (secondary N) is 1. The van der Waals surface area contributed by atoms with Gasteiger partial charge in [-0.05, 0) is 42.0 Å². The quantitative estimate of drug-likeness (QED) is 0.284. The molecule has 0 bridgehead atoms. The van der Waals surface area contributed by atoms with Crippen molar-refractivity contribution in [2.24, 2.45) is 0 Å². The van der Waals surface area contributed by atoms with Crippen LogP contribution in [0.2, 0.25) is 5.02 Å². The summed E-state index contributed by atoms with van der Waals surface area (Å²) in [7, 11) is 0. The molecular weight excluding hydrogens is 445 g/mol. The van der Waals surface area contributed by atoms with E-state index in [4.69, 9.17) is 21.1 Å². The van der Waals surface area contributed by atoms with Crippen LogP contribution < -0.4 is 5.32 Å². The minimum atomic E-state index is -0.284. The molecule has 5 rings (SSSR count). The highest BCUT2D eigenvalue weighted by Crippen LogP contribution is 2.39. The van der Waals surface area contributed by atoms with Gasteiger partial charge in [0.05, 0.1) is 17.1 Å². The molecule has 0 atom stereocenters. The third-order valence-electron chi connectivity index (χ3n) is 4.89. The summed E-state index contributed by atoms with van der Waals surface area (Å²) in [5.74, 6) is 0.377. The van der Waals surface area contributed by atoms with E-state index in [2.05, 4.69) is 22.6 Å². The maximum Gasteiger partial charge on any atom is 0.184 e. The van der Waals surface area contributed by atoms with Crippen molar-refractivity contribution in [2.75, 3.05) is 5.32 Å². The van der Waals surface area contributed by atoms with Crippen molar-refractivity contribution in [1.82, 2.24) is 10.1 Å². The molecule has 0 unspecified atom stereocenters. The molecule has 0 saturated heterocycles. The molecule has 32 heavy (non-hydrogen) atoms. The average Bonchev–Trinajstić information content (AvgIpc) is 3.47. The summed E-state index contributed by atoms with van der Waals surface area (Å²) < 4.78 is 18.6. The number of thiazole rings is 1. The molecule has 5 aromatic rings. The normalized spacial score (nSPS) is 10.9. The van der Waals surface area contributed by atoms with Crippen LogP contribution in [-0.4, -0.2) is 10.1 Å².